The topological polar surface area (TPSA) is 87.3 Å². The van der Waals surface area contributed by atoms with Gasteiger partial charge >= 0.3 is 0 Å². The molecule has 0 saturated heterocycles. The highest BCUT2D eigenvalue weighted by atomic mass is 16.5. The van der Waals surface area contributed by atoms with Crippen molar-refractivity contribution in [3.8, 4) is 5.75 Å². The molecule has 1 aromatic rings. The van der Waals surface area contributed by atoms with Crippen molar-refractivity contribution < 1.29 is 4.74 Å². The van der Waals surface area contributed by atoms with E-state index >= 15 is 0 Å². The van der Waals surface area contributed by atoms with Gasteiger partial charge in [0, 0.05) is 24.9 Å². The van der Waals surface area contributed by atoms with Gasteiger partial charge in [0.05, 0.1) is 12.6 Å². The van der Waals surface area contributed by atoms with E-state index in [1.165, 1.54) is 0 Å². The Morgan fingerprint density at radius 1 is 1.33 bits per heavy atom. The Labute approximate surface area is 140 Å². The van der Waals surface area contributed by atoms with Gasteiger partial charge in [0.1, 0.15) is 11.6 Å². The lowest BCUT2D eigenvalue weighted by Gasteiger charge is -2.37. The van der Waals surface area contributed by atoms with Crippen molar-refractivity contribution in [1.29, 1.82) is 0 Å². The Kier molecular flexibility index (Phi) is 3.41. The van der Waals surface area contributed by atoms with Crippen LogP contribution in [0.3, 0.4) is 0 Å². The summed E-state index contributed by atoms with van der Waals surface area (Å²) in [5.74, 6) is 4.15. The zero-order chi connectivity index (χ0) is 16.7. The number of nitrogens with two attached hydrogens (primary N) is 1. The number of guanidine groups is 1. The molecule has 4 rings (SSSR count). The van der Waals surface area contributed by atoms with Gasteiger partial charge in [-0.1, -0.05) is 0 Å². The first-order chi connectivity index (χ1) is 11.7. The van der Waals surface area contributed by atoms with E-state index < -0.39 is 0 Å². The Morgan fingerprint density at radius 2 is 2.12 bits per heavy atom. The molecule has 1 atom stereocenters. The zero-order valence-corrected chi connectivity index (χ0v) is 13.7. The molecule has 0 aromatic heterocycles. The number of hydrogen-bond donors (Lipinski definition) is 3. The van der Waals surface area contributed by atoms with E-state index in [-0.39, 0.29) is 6.04 Å². The zero-order valence-electron chi connectivity index (χ0n) is 13.7. The number of nitrogens with one attached hydrogen (secondary N) is 2. The van der Waals surface area contributed by atoms with Crippen LogP contribution < -0.4 is 21.1 Å². The van der Waals surface area contributed by atoms with E-state index in [0.29, 0.717) is 5.69 Å². The van der Waals surface area contributed by atoms with Crippen molar-refractivity contribution >= 4 is 17.5 Å². The molecule has 24 heavy (non-hydrogen) atoms. The molecule has 4 N–H and O–H groups in total. The van der Waals surface area contributed by atoms with E-state index in [9.17, 15) is 0 Å². The minimum Gasteiger partial charge on any atom is -0.453 e. The first-order valence-corrected chi connectivity index (χ1v) is 7.97. The van der Waals surface area contributed by atoms with Gasteiger partial charge in [-0.25, -0.2) is 0 Å². The fraction of sp³-hybridized carbons (Fsp3) is 0.294. The standard InChI is InChI=1S/C17H20N6O/c1-10-13-9-14(24-12-5-3-11(18)4-6-12)16-20-7-8-23(16)15(13)22-17(19-2)21-10/h3-6,9-10H,7-8,18H2,1-2H3,(H2,19,21,22). The van der Waals surface area contributed by atoms with Crippen LogP contribution in [-0.4, -0.2) is 42.9 Å². The van der Waals surface area contributed by atoms with Crippen LogP contribution in [0.15, 0.2) is 57.5 Å². The molecule has 1 aromatic carbocycles. The maximum Gasteiger partial charge on any atom is 0.197 e. The molecule has 0 fully saturated rings. The van der Waals surface area contributed by atoms with Gasteiger partial charge in [-0.2, -0.15) is 0 Å². The Morgan fingerprint density at radius 3 is 2.88 bits per heavy atom. The molecule has 0 bridgehead atoms. The maximum atomic E-state index is 6.09. The predicted octanol–water partition coefficient (Wildman–Crippen LogP) is 1.04. The summed E-state index contributed by atoms with van der Waals surface area (Å²) in [7, 11) is 1.76. The summed E-state index contributed by atoms with van der Waals surface area (Å²) in [6.45, 7) is 3.68. The molecule has 3 heterocycles. The van der Waals surface area contributed by atoms with E-state index in [1.807, 2.05) is 30.3 Å². The maximum absolute atomic E-state index is 6.09. The van der Waals surface area contributed by atoms with Crippen LogP contribution in [0.5, 0.6) is 5.75 Å². The lowest BCUT2D eigenvalue weighted by atomic mass is 10.0. The SMILES string of the molecule is CN=C1NC2=C(C=C(Oc3ccc(N)cc3)C3=NCCN32)C(C)N1. The van der Waals surface area contributed by atoms with E-state index in [1.54, 1.807) is 7.05 Å². The quantitative estimate of drug-likeness (QED) is 0.708. The van der Waals surface area contributed by atoms with Crippen LogP contribution in [0.4, 0.5) is 5.69 Å². The van der Waals surface area contributed by atoms with Crippen LogP contribution >= 0.6 is 0 Å². The van der Waals surface area contributed by atoms with Crippen LogP contribution in [0.1, 0.15) is 6.92 Å². The third-order valence-corrected chi connectivity index (χ3v) is 4.28. The van der Waals surface area contributed by atoms with Crippen LogP contribution in [0.2, 0.25) is 0 Å². The summed E-state index contributed by atoms with van der Waals surface area (Å²) in [4.78, 5) is 11.0. The van der Waals surface area contributed by atoms with Crippen molar-refractivity contribution in [1.82, 2.24) is 15.5 Å². The molecule has 7 heteroatoms. The minimum atomic E-state index is 0.132. The third-order valence-electron chi connectivity index (χ3n) is 4.28. The molecular weight excluding hydrogens is 304 g/mol. The van der Waals surface area contributed by atoms with E-state index in [2.05, 4.69) is 32.4 Å². The van der Waals surface area contributed by atoms with Gasteiger partial charge in [-0.15, -0.1) is 0 Å². The summed E-state index contributed by atoms with van der Waals surface area (Å²) in [5.41, 5.74) is 7.59. The lowest BCUT2D eigenvalue weighted by molar-refractivity contribution is 0.416. The highest BCUT2D eigenvalue weighted by Gasteiger charge is 2.35. The second kappa shape index (κ2) is 5.59. The van der Waals surface area contributed by atoms with Crippen LogP contribution in [0.25, 0.3) is 0 Å². The predicted molar refractivity (Wildman–Crippen MR) is 94.7 cm³/mol. The molecule has 0 saturated carbocycles. The molecule has 0 aliphatic carbocycles. The number of nitrogens with zero attached hydrogens (tertiary/aromatic N) is 3. The normalized spacial score (nSPS) is 23.8. The summed E-state index contributed by atoms with van der Waals surface area (Å²) < 4.78 is 6.09. The Balaban J connectivity index is 1.72. The number of hydrogen-bond acceptors (Lipinski definition) is 5. The van der Waals surface area contributed by atoms with Gasteiger partial charge < -0.3 is 26.0 Å². The first kappa shape index (κ1) is 14.6. The average molecular weight is 324 g/mol. The largest absolute Gasteiger partial charge is 0.453 e. The highest BCUT2D eigenvalue weighted by Crippen LogP contribution is 2.30. The van der Waals surface area contributed by atoms with Crippen molar-refractivity contribution in [2.45, 2.75) is 13.0 Å². The average Bonchev–Trinajstić information content (AvgIpc) is 3.08. The first-order valence-electron chi connectivity index (χ1n) is 7.97. The number of aliphatic imine (C=N–C) groups is 2. The molecule has 124 valence electrons. The second-order valence-electron chi connectivity index (χ2n) is 5.90. The Bertz CT molecular complexity index is 790. The fourth-order valence-electron chi connectivity index (χ4n) is 3.06. The molecule has 3 aliphatic heterocycles. The number of rotatable bonds is 2. The van der Waals surface area contributed by atoms with Crippen molar-refractivity contribution in [3.05, 3.63) is 47.5 Å². The van der Waals surface area contributed by atoms with Gasteiger partial charge in [0.15, 0.2) is 17.6 Å². The fourth-order valence-corrected chi connectivity index (χ4v) is 3.06. The molecule has 0 radical (unpaired) electrons. The molecular formula is C17H20N6O. The summed E-state index contributed by atoms with van der Waals surface area (Å²) in [6.07, 6.45) is 2.05. The molecule has 7 nitrogen and oxygen atoms in total. The lowest BCUT2D eigenvalue weighted by Crippen LogP contribution is -2.54. The molecule has 3 aliphatic rings. The van der Waals surface area contributed by atoms with Crippen LogP contribution in [0, 0.1) is 0 Å². The number of anilines is 1. The molecule has 1 unspecified atom stereocenters. The van der Waals surface area contributed by atoms with Crippen molar-refractivity contribution in [2.24, 2.45) is 9.98 Å². The Hall–Kier alpha value is -2.96. The smallest absolute Gasteiger partial charge is 0.197 e. The minimum absolute atomic E-state index is 0.132. The monoisotopic (exact) mass is 324 g/mol. The number of ether oxygens (including phenoxy) is 1. The highest BCUT2D eigenvalue weighted by molar-refractivity contribution is 6.02. The van der Waals surface area contributed by atoms with E-state index in [4.69, 9.17) is 10.5 Å². The number of nitrogen functional groups attached to an aromatic ring is 1. The summed E-state index contributed by atoms with van der Waals surface area (Å²) in [6, 6.07) is 7.51. The van der Waals surface area contributed by atoms with Crippen LogP contribution in [-0.2, 0) is 0 Å². The van der Waals surface area contributed by atoms with E-state index in [0.717, 1.165) is 47.8 Å². The van der Waals surface area contributed by atoms with Crippen molar-refractivity contribution in [2.75, 3.05) is 25.9 Å². The van der Waals surface area contributed by atoms with Crippen molar-refractivity contribution in [3.63, 3.8) is 0 Å². The number of amidine groups is 1. The number of fused-ring (bicyclic) bond motifs is 2. The second-order valence-corrected chi connectivity index (χ2v) is 5.90. The van der Waals surface area contributed by atoms with Gasteiger partial charge in [0.2, 0.25) is 0 Å². The van der Waals surface area contributed by atoms with Gasteiger partial charge in [-0.3, -0.25) is 9.98 Å². The van der Waals surface area contributed by atoms with Gasteiger partial charge in [0.25, 0.3) is 0 Å². The van der Waals surface area contributed by atoms with Gasteiger partial charge in [-0.05, 0) is 37.3 Å². The third kappa shape index (κ3) is 2.38. The summed E-state index contributed by atoms with van der Waals surface area (Å²) in [5, 5.41) is 6.68. The molecule has 0 amide bonds. The molecule has 0 spiro atoms. The number of benzene rings is 1. The summed E-state index contributed by atoms with van der Waals surface area (Å²) >= 11 is 0.